The first kappa shape index (κ1) is 7.03. The lowest BCUT2D eigenvalue weighted by Crippen LogP contribution is -1.76. The average Bonchev–Trinajstić information content (AvgIpc) is 2.54. The van der Waals surface area contributed by atoms with Crippen LogP contribution in [0.15, 0.2) is 35.0 Å². The molecule has 0 N–H and O–H groups in total. The van der Waals surface area contributed by atoms with E-state index in [1.807, 2.05) is 31.2 Å². The third-order valence-electron chi connectivity index (χ3n) is 1.55. The molecule has 2 aromatic heterocycles. The van der Waals surface area contributed by atoms with Gasteiger partial charge >= 0.3 is 0 Å². The Morgan fingerprint density at radius 2 is 2.25 bits per heavy atom. The molecule has 0 radical (unpaired) electrons. The van der Waals surface area contributed by atoms with E-state index in [2.05, 4.69) is 10.1 Å². The normalized spacial score (nSPS) is 10.1. The minimum atomic E-state index is 0.716. The van der Waals surface area contributed by atoms with Crippen molar-refractivity contribution in [1.29, 1.82) is 0 Å². The Balaban J connectivity index is 2.45. The molecule has 3 heteroatoms. The molecular formula is C9H8N2O. The molecule has 0 fully saturated rings. The minimum absolute atomic E-state index is 0.716. The summed E-state index contributed by atoms with van der Waals surface area (Å²) in [7, 11) is 0. The van der Waals surface area contributed by atoms with Crippen molar-refractivity contribution in [2.45, 2.75) is 6.92 Å². The predicted molar refractivity (Wildman–Crippen MR) is 44.5 cm³/mol. The van der Waals surface area contributed by atoms with Crippen LogP contribution < -0.4 is 0 Å². The standard InChI is InChI=1S/C9H8N2O/c1-7-6-9(12-11-7)8-4-2-3-5-10-8/h2-6H,1H3. The summed E-state index contributed by atoms with van der Waals surface area (Å²) in [6.45, 7) is 1.88. The molecular weight excluding hydrogens is 152 g/mol. The highest BCUT2D eigenvalue weighted by Crippen LogP contribution is 2.16. The molecule has 0 amide bonds. The summed E-state index contributed by atoms with van der Waals surface area (Å²) in [5.41, 5.74) is 1.69. The fourth-order valence-electron chi connectivity index (χ4n) is 0.993. The van der Waals surface area contributed by atoms with Gasteiger partial charge in [-0.05, 0) is 19.1 Å². The van der Waals surface area contributed by atoms with E-state index >= 15 is 0 Å². The maximum atomic E-state index is 5.04. The van der Waals surface area contributed by atoms with Gasteiger partial charge in [0.2, 0.25) is 0 Å². The molecule has 0 atom stereocenters. The van der Waals surface area contributed by atoms with Crippen molar-refractivity contribution in [3.63, 3.8) is 0 Å². The SMILES string of the molecule is Cc1cc(-c2ccccn2)on1. The molecule has 2 rings (SSSR count). The number of nitrogens with zero attached hydrogens (tertiary/aromatic N) is 2. The fourth-order valence-corrected chi connectivity index (χ4v) is 0.993. The highest BCUT2D eigenvalue weighted by atomic mass is 16.5. The molecule has 0 saturated heterocycles. The van der Waals surface area contributed by atoms with Crippen molar-refractivity contribution in [1.82, 2.24) is 10.1 Å². The molecule has 2 aromatic rings. The second-order valence-corrected chi connectivity index (χ2v) is 2.55. The molecule has 0 aliphatic rings. The van der Waals surface area contributed by atoms with Crippen LogP contribution in [0.2, 0.25) is 0 Å². The van der Waals surface area contributed by atoms with E-state index in [4.69, 9.17) is 4.52 Å². The van der Waals surface area contributed by atoms with Gasteiger partial charge < -0.3 is 4.52 Å². The van der Waals surface area contributed by atoms with Gasteiger partial charge in [-0.15, -0.1) is 0 Å². The quantitative estimate of drug-likeness (QED) is 0.640. The molecule has 0 aliphatic heterocycles. The summed E-state index contributed by atoms with van der Waals surface area (Å²) in [6.07, 6.45) is 1.73. The topological polar surface area (TPSA) is 38.9 Å². The van der Waals surface area contributed by atoms with E-state index in [9.17, 15) is 0 Å². The first-order valence-electron chi connectivity index (χ1n) is 3.71. The number of aromatic nitrogens is 2. The molecule has 2 heterocycles. The monoisotopic (exact) mass is 160 g/mol. The number of hydrogen-bond acceptors (Lipinski definition) is 3. The van der Waals surface area contributed by atoms with Gasteiger partial charge in [-0.25, -0.2) is 0 Å². The predicted octanol–water partition coefficient (Wildman–Crippen LogP) is 2.05. The number of rotatable bonds is 1. The summed E-state index contributed by atoms with van der Waals surface area (Å²) in [5.74, 6) is 0.716. The summed E-state index contributed by atoms with van der Waals surface area (Å²) in [6, 6.07) is 7.54. The number of hydrogen-bond donors (Lipinski definition) is 0. The molecule has 0 bridgehead atoms. The van der Waals surface area contributed by atoms with E-state index in [0.29, 0.717) is 5.76 Å². The van der Waals surface area contributed by atoms with Gasteiger partial charge in [-0.1, -0.05) is 11.2 Å². The summed E-state index contributed by atoms with van der Waals surface area (Å²) < 4.78 is 5.04. The molecule has 3 nitrogen and oxygen atoms in total. The zero-order valence-corrected chi connectivity index (χ0v) is 6.69. The summed E-state index contributed by atoms with van der Waals surface area (Å²) in [5, 5.41) is 3.78. The van der Waals surface area contributed by atoms with Gasteiger partial charge in [-0.2, -0.15) is 0 Å². The zero-order valence-electron chi connectivity index (χ0n) is 6.69. The fraction of sp³-hybridized carbons (Fsp3) is 0.111. The van der Waals surface area contributed by atoms with Crippen molar-refractivity contribution in [3.05, 3.63) is 36.2 Å². The largest absolute Gasteiger partial charge is 0.354 e. The van der Waals surface area contributed by atoms with Crippen LogP contribution in [0.3, 0.4) is 0 Å². The minimum Gasteiger partial charge on any atom is -0.354 e. The van der Waals surface area contributed by atoms with E-state index in [0.717, 1.165) is 11.4 Å². The maximum absolute atomic E-state index is 5.04. The van der Waals surface area contributed by atoms with Gasteiger partial charge in [0.05, 0.1) is 5.69 Å². The molecule has 12 heavy (non-hydrogen) atoms. The van der Waals surface area contributed by atoms with Crippen molar-refractivity contribution < 1.29 is 4.52 Å². The Hall–Kier alpha value is -1.64. The lowest BCUT2D eigenvalue weighted by Gasteiger charge is -1.90. The first-order chi connectivity index (χ1) is 5.86. The van der Waals surface area contributed by atoms with Gasteiger partial charge in [0, 0.05) is 12.3 Å². The van der Waals surface area contributed by atoms with Crippen molar-refractivity contribution >= 4 is 0 Å². The Labute approximate surface area is 70.0 Å². The second kappa shape index (κ2) is 2.77. The van der Waals surface area contributed by atoms with Crippen LogP contribution in [0.4, 0.5) is 0 Å². The van der Waals surface area contributed by atoms with Crippen molar-refractivity contribution in [2.75, 3.05) is 0 Å². The van der Waals surface area contributed by atoms with Gasteiger partial charge in [-0.3, -0.25) is 4.98 Å². The molecule has 60 valence electrons. The van der Waals surface area contributed by atoms with Crippen molar-refractivity contribution in [2.24, 2.45) is 0 Å². The molecule has 0 aromatic carbocycles. The number of pyridine rings is 1. The van der Waals surface area contributed by atoms with E-state index in [1.54, 1.807) is 6.20 Å². The van der Waals surface area contributed by atoms with E-state index < -0.39 is 0 Å². The maximum Gasteiger partial charge on any atom is 0.185 e. The van der Waals surface area contributed by atoms with Gasteiger partial charge in [0.1, 0.15) is 5.69 Å². The smallest absolute Gasteiger partial charge is 0.185 e. The molecule has 0 unspecified atom stereocenters. The second-order valence-electron chi connectivity index (χ2n) is 2.55. The lowest BCUT2D eigenvalue weighted by atomic mass is 10.3. The van der Waals surface area contributed by atoms with E-state index in [-0.39, 0.29) is 0 Å². The Morgan fingerprint density at radius 1 is 1.33 bits per heavy atom. The molecule has 0 aliphatic carbocycles. The van der Waals surface area contributed by atoms with Crippen LogP contribution in [-0.2, 0) is 0 Å². The third-order valence-corrected chi connectivity index (χ3v) is 1.55. The number of aryl methyl sites for hydroxylation is 1. The van der Waals surface area contributed by atoms with Crippen molar-refractivity contribution in [3.8, 4) is 11.5 Å². The highest BCUT2D eigenvalue weighted by Gasteiger charge is 2.03. The molecule has 0 saturated carbocycles. The Kier molecular flexibility index (Phi) is 1.63. The third kappa shape index (κ3) is 1.21. The van der Waals surface area contributed by atoms with Crippen LogP contribution in [0.25, 0.3) is 11.5 Å². The van der Waals surface area contributed by atoms with Crippen LogP contribution in [0.5, 0.6) is 0 Å². The summed E-state index contributed by atoms with van der Waals surface area (Å²) in [4.78, 5) is 4.13. The van der Waals surface area contributed by atoms with Crippen LogP contribution in [0.1, 0.15) is 5.69 Å². The lowest BCUT2D eigenvalue weighted by molar-refractivity contribution is 0.426. The average molecular weight is 160 g/mol. The van der Waals surface area contributed by atoms with Crippen LogP contribution >= 0.6 is 0 Å². The summed E-state index contributed by atoms with van der Waals surface area (Å²) >= 11 is 0. The van der Waals surface area contributed by atoms with Crippen LogP contribution in [0, 0.1) is 6.92 Å². The zero-order chi connectivity index (χ0) is 8.39. The first-order valence-corrected chi connectivity index (χ1v) is 3.71. The van der Waals surface area contributed by atoms with E-state index in [1.165, 1.54) is 0 Å². The Morgan fingerprint density at radius 3 is 2.83 bits per heavy atom. The van der Waals surface area contributed by atoms with Gasteiger partial charge in [0.25, 0.3) is 0 Å². The highest BCUT2D eigenvalue weighted by molar-refractivity contribution is 5.51. The van der Waals surface area contributed by atoms with Gasteiger partial charge in [0.15, 0.2) is 5.76 Å². The molecule has 0 spiro atoms. The Bertz CT molecular complexity index is 367. The van der Waals surface area contributed by atoms with Crippen LogP contribution in [-0.4, -0.2) is 10.1 Å².